The molecule has 0 saturated heterocycles. The molecule has 0 aromatic heterocycles. The van der Waals surface area contributed by atoms with Crippen molar-refractivity contribution < 1.29 is 0 Å². The van der Waals surface area contributed by atoms with Gasteiger partial charge in [0.05, 0.1) is 0 Å². The monoisotopic (exact) mass is 302 g/mol. The van der Waals surface area contributed by atoms with Gasteiger partial charge in [0, 0.05) is 44.1 Å². The summed E-state index contributed by atoms with van der Waals surface area (Å²) in [6.45, 7) is 4.03. The second-order valence-corrected chi connectivity index (χ2v) is 6.63. The zero-order valence-corrected chi connectivity index (χ0v) is 14.0. The molecule has 0 atom stereocenters. The molecule has 0 bridgehead atoms. The van der Waals surface area contributed by atoms with Crippen molar-refractivity contribution in [3.05, 3.63) is 71.3 Å². The summed E-state index contributed by atoms with van der Waals surface area (Å²) in [6.07, 6.45) is 0. The Balaban J connectivity index is 1.91. The molecule has 23 heavy (non-hydrogen) atoms. The fourth-order valence-corrected chi connectivity index (χ4v) is 3.72. The standard InChI is InChI=1S/C21H22N2/c1-15-8-10-20-17(12-15)13-22(2)21-11-9-16-6-4-5-7-18(16)19(21)14-23(20)3/h4-12H,13-14H2,1-3H3. The third-order valence-electron chi connectivity index (χ3n) is 4.88. The molecule has 0 N–H and O–H groups in total. The lowest BCUT2D eigenvalue weighted by molar-refractivity contribution is 0.841. The number of hydrogen-bond acceptors (Lipinski definition) is 2. The van der Waals surface area contributed by atoms with E-state index in [2.05, 4.69) is 85.4 Å². The Bertz CT molecular complexity index is 882. The highest BCUT2D eigenvalue weighted by atomic mass is 15.2. The summed E-state index contributed by atoms with van der Waals surface area (Å²) < 4.78 is 0. The number of nitrogens with zero attached hydrogens (tertiary/aromatic N) is 2. The molecule has 3 aromatic carbocycles. The van der Waals surface area contributed by atoms with Crippen molar-refractivity contribution in [2.24, 2.45) is 0 Å². The highest BCUT2D eigenvalue weighted by molar-refractivity contribution is 5.91. The van der Waals surface area contributed by atoms with Crippen molar-refractivity contribution in [2.75, 3.05) is 23.9 Å². The van der Waals surface area contributed by atoms with Crippen LogP contribution in [-0.2, 0) is 13.1 Å². The molecular weight excluding hydrogens is 280 g/mol. The van der Waals surface area contributed by atoms with Crippen LogP contribution < -0.4 is 9.80 Å². The van der Waals surface area contributed by atoms with E-state index in [0.717, 1.165) is 13.1 Å². The average molecular weight is 302 g/mol. The molecule has 2 nitrogen and oxygen atoms in total. The number of anilines is 2. The number of fused-ring (bicyclic) bond motifs is 4. The second-order valence-electron chi connectivity index (χ2n) is 6.63. The van der Waals surface area contributed by atoms with Crippen molar-refractivity contribution in [3.8, 4) is 0 Å². The van der Waals surface area contributed by atoms with E-state index < -0.39 is 0 Å². The van der Waals surface area contributed by atoms with E-state index in [1.54, 1.807) is 0 Å². The van der Waals surface area contributed by atoms with E-state index >= 15 is 0 Å². The second kappa shape index (κ2) is 5.31. The quantitative estimate of drug-likeness (QED) is 0.592. The Morgan fingerprint density at radius 3 is 2.39 bits per heavy atom. The van der Waals surface area contributed by atoms with Gasteiger partial charge in [-0.3, -0.25) is 0 Å². The third-order valence-corrected chi connectivity index (χ3v) is 4.88. The van der Waals surface area contributed by atoms with E-state index in [4.69, 9.17) is 0 Å². The Morgan fingerprint density at radius 1 is 0.783 bits per heavy atom. The van der Waals surface area contributed by atoms with Crippen LogP contribution in [0, 0.1) is 6.92 Å². The average Bonchev–Trinajstić information content (AvgIpc) is 2.54. The lowest BCUT2D eigenvalue weighted by Crippen LogP contribution is -2.27. The first-order valence-electron chi connectivity index (χ1n) is 8.16. The largest absolute Gasteiger partial charge is 0.370 e. The summed E-state index contributed by atoms with van der Waals surface area (Å²) in [6, 6.07) is 20.0. The van der Waals surface area contributed by atoms with Crippen molar-refractivity contribution in [3.63, 3.8) is 0 Å². The van der Waals surface area contributed by atoms with E-state index in [0.29, 0.717) is 0 Å². The van der Waals surface area contributed by atoms with Crippen LogP contribution in [0.3, 0.4) is 0 Å². The molecule has 116 valence electrons. The Hall–Kier alpha value is -2.48. The molecule has 0 radical (unpaired) electrons. The fraction of sp³-hybridized carbons (Fsp3) is 0.238. The van der Waals surface area contributed by atoms with Gasteiger partial charge in [-0.05, 0) is 35.4 Å². The molecule has 1 aliphatic rings. The first-order chi connectivity index (χ1) is 11.1. The predicted molar refractivity (Wildman–Crippen MR) is 99.3 cm³/mol. The van der Waals surface area contributed by atoms with Crippen molar-refractivity contribution >= 4 is 22.1 Å². The third kappa shape index (κ3) is 2.35. The molecule has 0 unspecified atom stereocenters. The lowest BCUT2D eigenvalue weighted by Gasteiger charge is -2.33. The van der Waals surface area contributed by atoms with Crippen LogP contribution >= 0.6 is 0 Å². The minimum Gasteiger partial charge on any atom is -0.370 e. The molecule has 0 fully saturated rings. The van der Waals surface area contributed by atoms with E-state index in [9.17, 15) is 0 Å². The van der Waals surface area contributed by atoms with Crippen LogP contribution in [-0.4, -0.2) is 14.1 Å². The highest BCUT2D eigenvalue weighted by Crippen LogP contribution is 2.35. The SMILES string of the molecule is Cc1ccc2c(c1)CN(C)c1ccc3ccccc3c1CN2C. The first kappa shape index (κ1) is 14.1. The van der Waals surface area contributed by atoms with Gasteiger partial charge in [0.25, 0.3) is 0 Å². The van der Waals surface area contributed by atoms with Crippen LogP contribution in [0.25, 0.3) is 10.8 Å². The van der Waals surface area contributed by atoms with Gasteiger partial charge < -0.3 is 9.80 Å². The highest BCUT2D eigenvalue weighted by Gasteiger charge is 2.19. The maximum Gasteiger partial charge on any atom is 0.0453 e. The molecular formula is C21H22N2. The molecule has 0 aliphatic carbocycles. The number of benzene rings is 3. The molecule has 0 amide bonds. The van der Waals surface area contributed by atoms with Gasteiger partial charge in [0.15, 0.2) is 0 Å². The predicted octanol–water partition coefficient (Wildman–Crippen LogP) is 4.73. The van der Waals surface area contributed by atoms with Gasteiger partial charge >= 0.3 is 0 Å². The van der Waals surface area contributed by atoms with Crippen LogP contribution in [0.15, 0.2) is 54.6 Å². The Labute approximate surface area is 138 Å². The summed E-state index contributed by atoms with van der Waals surface area (Å²) in [5, 5.41) is 2.68. The minimum absolute atomic E-state index is 0.928. The number of aryl methyl sites for hydroxylation is 1. The minimum atomic E-state index is 0.928. The first-order valence-corrected chi connectivity index (χ1v) is 8.16. The summed E-state index contributed by atoms with van der Waals surface area (Å²) >= 11 is 0. The summed E-state index contributed by atoms with van der Waals surface area (Å²) in [4.78, 5) is 4.76. The molecule has 2 heteroatoms. The van der Waals surface area contributed by atoms with Gasteiger partial charge in [-0.1, -0.05) is 48.0 Å². The van der Waals surface area contributed by atoms with Gasteiger partial charge in [0.1, 0.15) is 0 Å². The molecule has 3 aromatic rings. The summed E-state index contributed by atoms with van der Waals surface area (Å²) in [5.41, 5.74) is 6.81. The van der Waals surface area contributed by atoms with Crippen LogP contribution in [0.4, 0.5) is 11.4 Å². The van der Waals surface area contributed by atoms with Gasteiger partial charge in [0.2, 0.25) is 0 Å². The molecule has 4 rings (SSSR count). The molecule has 0 spiro atoms. The summed E-state index contributed by atoms with van der Waals surface area (Å²) in [5.74, 6) is 0. The molecule has 0 saturated carbocycles. The number of rotatable bonds is 0. The fourth-order valence-electron chi connectivity index (χ4n) is 3.72. The smallest absolute Gasteiger partial charge is 0.0453 e. The van der Waals surface area contributed by atoms with E-state index in [1.165, 1.54) is 38.8 Å². The normalized spacial score (nSPS) is 14.2. The maximum absolute atomic E-state index is 2.38. The zero-order valence-electron chi connectivity index (χ0n) is 14.0. The van der Waals surface area contributed by atoms with E-state index in [-0.39, 0.29) is 0 Å². The van der Waals surface area contributed by atoms with Crippen LogP contribution in [0.5, 0.6) is 0 Å². The maximum atomic E-state index is 2.38. The molecule has 1 heterocycles. The van der Waals surface area contributed by atoms with Crippen LogP contribution in [0.1, 0.15) is 16.7 Å². The topological polar surface area (TPSA) is 6.48 Å². The van der Waals surface area contributed by atoms with Gasteiger partial charge in [-0.2, -0.15) is 0 Å². The number of hydrogen-bond donors (Lipinski definition) is 0. The van der Waals surface area contributed by atoms with Crippen LogP contribution in [0.2, 0.25) is 0 Å². The van der Waals surface area contributed by atoms with Gasteiger partial charge in [-0.25, -0.2) is 0 Å². The van der Waals surface area contributed by atoms with Crippen molar-refractivity contribution in [2.45, 2.75) is 20.0 Å². The Morgan fingerprint density at radius 2 is 1.52 bits per heavy atom. The lowest BCUT2D eigenvalue weighted by atomic mass is 9.98. The van der Waals surface area contributed by atoms with Crippen molar-refractivity contribution in [1.82, 2.24) is 0 Å². The van der Waals surface area contributed by atoms with Gasteiger partial charge in [-0.15, -0.1) is 0 Å². The summed E-state index contributed by atoms with van der Waals surface area (Å²) in [7, 11) is 4.40. The van der Waals surface area contributed by atoms with E-state index in [1.807, 2.05) is 0 Å². The molecule has 1 aliphatic heterocycles. The zero-order chi connectivity index (χ0) is 16.0. The van der Waals surface area contributed by atoms with Crippen molar-refractivity contribution in [1.29, 1.82) is 0 Å². The Kier molecular flexibility index (Phi) is 3.26.